The molecule has 1 amide bonds. The van der Waals surface area contributed by atoms with Gasteiger partial charge in [0.15, 0.2) is 5.65 Å². The maximum absolute atomic E-state index is 13.7. The van der Waals surface area contributed by atoms with Crippen LogP contribution in [0.4, 0.5) is 0 Å². The molecule has 3 unspecified atom stereocenters. The average Bonchev–Trinajstić information content (AvgIpc) is 3.36. The zero-order chi connectivity index (χ0) is 18.0. The van der Waals surface area contributed by atoms with E-state index in [0.29, 0.717) is 23.9 Å². The number of hydrogen-bond acceptors (Lipinski definition) is 3. The van der Waals surface area contributed by atoms with Gasteiger partial charge in [0.05, 0.1) is 16.6 Å². The number of likely N-dealkylation sites (tertiary alicyclic amines) is 1. The molecule has 3 aliphatic rings. The summed E-state index contributed by atoms with van der Waals surface area (Å²) in [5, 5.41) is 5.52. The van der Waals surface area contributed by atoms with Crippen molar-refractivity contribution in [3.63, 3.8) is 0 Å². The first-order valence-electron chi connectivity index (χ1n) is 10.2. The van der Waals surface area contributed by atoms with Crippen LogP contribution >= 0.6 is 0 Å². The van der Waals surface area contributed by atoms with Crippen molar-refractivity contribution < 1.29 is 4.79 Å². The van der Waals surface area contributed by atoms with Gasteiger partial charge in [-0.05, 0) is 57.9 Å². The smallest absolute Gasteiger partial charge is 0.255 e. The lowest BCUT2D eigenvalue weighted by Gasteiger charge is -2.33. The first-order valence-corrected chi connectivity index (χ1v) is 10.2. The summed E-state index contributed by atoms with van der Waals surface area (Å²) in [6.45, 7) is 4.22. The summed E-state index contributed by atoms with van der Waals surface area (Å²) in [4.78, 5) is 20.8. The van der Waals surface area contributed by atoms with E-state index in [0.717, 1.165) is 40.8 Å². The van der Waals surface area contributed by atoms with Crippen molar-refractivity contribution in [3.8, 4) is 0 Å². The number of carbonyl (C=O) groups excluding carboxylic acids is 1. The molecule has 2 saturated carbocycles. The summed E-state index contributed by atoms with van der Waals surface area (Å²) in [7, 11) is 1.93. The summed E-state index contributed by atoms with van der Waals surface area (Å²) in [6.07, 6.45) is 8.56. The van der Waals surface area contributed by atoms with Crippen LogP contribution in [-0.2, 0) is 7.05 Å². The molecule has 0 radical (unpaired) electrons. The van der Waals surface area contributed by atoms with E-state index in [1.54, 1.807) is 0 Å². The lowest BCUT2D eigenvalue weighted by molar-refractivity contribution is 0.0635. The Morgan fingerprint density at radius 3 is 2.73 bits per heavy atom. The highest BCUT2D eigenvalue weighted by molar-refractivity contribution is 6.07. The van der Waals surface area contributed by atoms with Gasteiger partial charge in [0, 0.05) is 30.7 Å². The second kappa shape index (κ2) is 5.80. The van der Waals surface area contributed by atoms with Gasteiger partial charge in [-0.1, -0.05) is 12.8 Å². The van der Waals surface area contributed by atoms with Gasteiger partial charge in [0.2, 0.25) is 0 Å². The Hall–Kier alpha value is -1.91. The molecule has 3 fully saturated rings. The Labute approximate surface area is 154 Å². The van der Waals surface area contributed by atoms with Gasteiger partial charge in [0.25, 0.3) is 5.91 Å². The predicted octanol–water partition coefficient (Wildman–Crippen LogP) is 3.95. The summed E-state index contributed by atoms with van der Waals surface area (Å²) in [5.74, 6) is 1.43. The van der Waals surface area contributed by atoms with E-state index in [2.05, 4.69) is 23.0 Å². The summed E-state index contributed by atoms with van der Waals surface area (Å²) < 4.78 is 1.84. The second-order valence-corrected chi connectivity index (χ2v) is 8.69. The van der Waals surface area contributed by atoms with E-state index in [1.807, 2.05) is 18.7 Å². The van der Waals surface area contributed by atoms with Gasteiger partial charge in [-0.25, -0.2) is 4.98 Å². The molecule has 2 aromatic heterocycles. The minimum Gasteiger partial charge on any atom is -0.333 e. The fourth-order valence-electron chi connectivity index (χ4n) is 5.42. The van der Waals surface area contributed by atoms with E-state index < -0.39 is 0 Å². The van der Waals surface area contributed by atoms with Crippen LogP contribution < -0.4 is 0 Å². The third kappa shape index (κ3) is 2.39. The molecule has 26 heavy (non-hydrogen) atoms. The number of nitrogens with zero attached hydrogens (tertiary/aromatic N) is 4. The minimum absolute atomic E-state index is 0.206. The van der Waals surface area contributed by atoms with Gasteiger partial charge in [0.1, 0.15) is 0 Å². The highest BCUT2D eigenvalue weighted by Gasteiger charge is 2.43. The van der Waals surface area contributed by atoms with E-state index in [4.69, 9.17) is 4.98 Å². The molecular weight excluding hydrogens is 324 g/mol. The fraction of sp³-hybridized carbons (Fsp3) is 0.667. The number of rotatable bonds is 2. The SMILES string of the molecule is Cc1nn(C)c2nc(C3CC3)cc(C(=O)N3C(C)CC4CCCCC43)c12. The molecular formula is C21H28N4O. The number of carbonyl (C=O) groups is 1. The van der Waals surface area contributed by atoms with Gasteiger partial charge in [-0.15, -0.1) is 0 Å². The largest absolute Gasteiger partial charge is 0.333 e. The normalized spacial score (nSPS) is 28.6. The Balaban J connectivity index is 1.62. The van der Waals surface area contributed by atoms with Gasteiger partial charge < -0.3 is 4.90 Å². The van der Waals surface area contributed by atoms with Crippen LogP contribution in [0, 0.1) is 12.8 Å². The molecule has 0 bridgehead atoms. The lowest BCUT2D eigenvalue weighted by atomic mass is 9.84. The molecule has 5 heteroatoms. The molecule has 5 rings (SSSR count). The zero-order valence-electron chi connectivity index (χ0n) is 16.0. The predicted molar refractivity (Wildman–Crippen MR) is 101 cm³/mol. The molecule has 2 aliphatic carbocycles. The number of hydrogen-bond donors (Lipinski definition) is 0. The zero-order valence-corrected chi connectivity index (χ0v) is 16.0. The average molecular weight is 352 g/mol. The second-order valence-electron chi connectivity index (χ2n) is 8.69. The molecule has 3 heterocycles. The van der Waals surface area contributed by atoms with Crippen molar-refractivity contribution in [1.82, 2.24) is 19.7 Å². The first kappa shape index (κ1) is 16.3. The van der Waals surface area contributed by atoms with E-state index in [-0.39, 0.29) is 5.91 Å². The van der Waals surface area contributed by atoms with Crippen molar-refractivity contribution in [3.05, 3.63) is 23.0 Å². The molecule has 1 aliphatic heterocycles. The third-order valence-corrected chi connectivity index (χ3v) is 6.79. The van der Waals surface area contributed by atoms with Crippen LogP contribution in [0.2, 0.25) is 0 Å². The molecule has 138 valence electrons. The van der Waals surface area contributed by atoms with Crippen molar-refractivity contribution in [1.29, 1.82) is 0 Å². The van der Waals surface area contributed by atoms with Crippen LogP contribution in [0.1, 0.15) is 79.5 Å². The number of aromatic nitrogens is 3. The van der Waals surface area contributed by atoms with E-state index >= 15 is 0 Å². The highest BCUT2D eigenvalue weighted by Crippen LogP contribution is 2.43. The number of fused-ring (bicyclic) bond motifs is 2. The maximum Gasteiger partial charge on any atom is 0.255 e. The first-order chi connectivity index (χ1) is 12.5. The van der Waals surface area contributed by atoms with Crippen molar-refractivity contribution >= 4 is 16.9 Å². The van der Waals surface area contributed by atoms with Crippen molar-refractivity contribution in [2.24, 2.45) is 13.0 Å². The lowest BCUT2D eigenvalue weighted by Crippen LogP contribution is -2.42. The number of pyridine rings is 1. The van der Waals surface area contributed by atoms with Crippen LogP contribution in [0.3, 0.4) is 0 Å². The summed E-state index contributed by atoms with van der Waals surface area (Å²) >= 11 is 0. The Kier molecular flexibility index (Phi) is 3.63. The molecule has 2 aromatic rings. The van der Waals surface area contributed by atoms with Gasteiger partial charge in [-0.3, -0.25) is 9.48 Å². The molecule has 3 atom stereocenters. The third-order valence-electron chi connectivity index (χ3n) is 6.79. The number of aryl methyl sites for hydroxylation is 2. The quantitative estimate of drug-likeness (QED) is 0.822. The Morgan fingerprint density at radius 1 is 1.19 bits per heavy atom. The van der Waals surface area contributed by atoms with Crippen molar-refractivity contribution in [2.45, 2.75) is 76.8 Å². The fourth-order valence-corrected chi connectivity index (χ4v) is 5.42. The molecule has 0 aromatic carbocycles. The summed E-state index contributed by atoms with van der Waals surface area (Å²) in [5.41, 5.74) is 3.69. The van der Waals surface area contributed by atoms with Crippen LogP contribution in [0.15, 0.2) is 6.07 Å². The van der Waals surface area contributed by atoms with Crippen LogP contribution in [-0.4, -0.2) is 37.7 Å². The Bertz CT molecular complexity index is 882. The van der Waals surface area contributed by atoms with Crippen molar-refractivity contribution in [2.75, 3.05) is 0 Å². The highest BCUT2D eigenvalue weighted by atomic mass is 16.2. The molecule has 0 spiro atoms. The monoisotopic (exact) mass is 352 g/mol. The van der Waals surface area contributed by atoms with E-state index in [1.165, 1.54) is 32.1 Å². The van der Waals surface area contributed by atoms with Gasteiger partial charge >= 0.3 is 0 Å². The number of amides is 1. The van der Waals surface area contributed by atoms with Gasteiger partial charge in [-0.2, -0.15) is 5.10 Å². The molecule has 0 N–H and O–H groups in total. The van der Waals surface area contributed by atoms with Crippen LogP contribution in [0.5, 0.6) is 0 Å². The topological polar surface area (TPSA) is 51.0 Å². The maximum atomic E-state index is 13.7. The Morgan fingerprint density at radius 2 is 1.96 bits per heavy atom. The standard InChI is InChI=1S/C21H28N4O/c1-12-10-15-6-4-5-7-18(15)25(12)21(26)16-11-17(14-8-9-14)22-20-19(16)13(2)23-24(20)3/h11-12,14-15,18H,4-10H2,1-3H3. The van der Waals surface area contributed by atoms with E-state index in [9.17, 15) is 4.79 Å². The molecule has 5 nitrogen and oxygen atoms in total. The summed E-state index contributed by atoms with van der Waals surface area (Å²) in [6, 6.07) is 2.84. The minimum atomic E-state index is 0.206. The van der Waals surface area contributed by atoms with Crippen LogP contribution in [0.25, 0.3) is 11.0 Å². The molecule has 1 saturated heterocycles.